The summed E-state index contributed by atoms with van der Waals surface area (Å²) in [5.41, 5.74) is 1.96. The van der Waals surface area contributed by atoms with Crippen molar-refractivity contribution in [1.82, 2.24) is 15.3 Å². The molecule has 1 saturated heterocycles. The van der Waals surface area contributed by atoms with Gasteiger partial charge in [0.15, 0.2) is 0 Å². The number of amides is 2. The van der Waals surface area contributed by atoms with Gasteiger partial charge >= 0.3 is 6.09 Å². The number of likely N-dealkylation sites (tertiary alicyclic amines) is 1. The fourth-order valence-corrected chi connectivity index (χ4v) is 2.51. The minimum atomic E-state index is -0.525. The summed E-state index contributed by atoms with van der Waals surface area (Å²) >= 11 is 0. The van der Waals surface area contributed by atoms with Gasteiger partial charge in [-0.25, -0.2) is 10.3 Å². The Hall–Kier alpha value is -1.34. The molecule has 7 nitrogen and oxygen atoms in total. The molecule has 23 heavy (non-hydrogen) atoms. The summed E-state index contributed by atoms with van der Waals surface area (Å²) in [6.45, 7) is 9.11. The van der Waals surface area contributed by atoms with Crippen LogP contribution in [-0.4, -0.2) is 67.2 Å². The lowest BCUT2D eigenvalue weighted by Crippen LogP contribution is -2.49. The zero-order chi connectivity index (χ0) is 17.6. The van der Waals surface area contributed by atoms with E-state index in [9.17, 15) is 9.59 Å². The molecule has 1 N–H and O–H groups in total. The molecule has 1 fully saturated rings. The molecule has 1 heterocycles. The lowest BCUT2D eigenvalue weighted by Gasteiger charge is -2.34. The first-order valence-electron chi connectivity index (χ1n) is 8.16. The number of rotatable bonds is 5. The van der Waals surface area contributed by atoms with Crippen LogP contribution in [0.3, 0.4) is 0 Å². The van der Waals surface area contributed by atoms with Crippen molar-refractivity contribution in [3.63, 3.8) is 0 Å². The minimum absolute atomic E-state index is 0.126. The first-order chi connectivity index (χ1) is 10.6. The number of carbonyl (C=O) groups excluding carboxylic acids is 2. The predicted molar refractivity (Wildman–Crippen MR) is 87.8 cm³/mol. The topological polar surface area (TPSA) is 71.1 Å². The molecule has 0 aromatic carbocycles. The monoisotopic (exact) mass is 329 g/mol. The van der Waals surface area contributed by atoms with Gasteiger partial charge in [0, 0.05) is 20.1 Å². The third-order valence-corrected chi connectivity index (χ3v) is 3.77. The van der Waals surface area contributed by atoms with Crippen LogP contribution >= 0.6 is 0 Å². The van der Waals surface area contributed by atoms with E-state index in [0.717, 1.165) is 19.4 Å². The molecule has 0 aromatic heterocycles. The summed E-state index contributed by atoms with van der Waals surface area (Å²) in [6, 6.07) is -0.144. The maximum absolute atomic E-state index is 12.1. The van der Waals surface area contributed by atoms with Crippen LogP contribution in [0.1, 0.15) is 40.5 Å². The Morgan fingerprint density at radius 1 is 1.30 bits per heavy atom. The van der Waals surface area contributed by atoms with E-state index in [-0.39, 0.29) is 18.6 Å². The maximum atomic E-state index is 12.1. The number of hydrogen-bond acceptors (Lipinski definition) is 5. The van der Waals surface area contributed by atoms with E-state index in [2.05, 4.69) is 17.3 Å². The van der Waals surface area contributed by atoms with Crippen molar-refractivity contribution in [2.24, 2.45) is 5.92 Å². The normalized spacial score (nSPS) is 22.5. The van der Waals surface area contributed by atoms with E-state index in [1.54, 1.807) is 7.05 Å². The predicted octanol–water partition coefficient (Wildman–Crippen LogP) is 1.63. The second-order valence-electron chi connectivity index (χ2n) is 7.35. The number of hydroxylamine groups is 1. The van der Waals surface area contributed by atoms with Crippen molar-refractivity contribution in [2.45, 2.75) is 52.2 Å². The summed E-state index contributed by atoms with van der Waals surface area (Å²) in [4.78, 5) is 32.5. The van der Waals surface area contributed by atoms with Gasteiger partial charge in [-0.2, -0.15) is 0 Å². The zero-order valence-corrected chi connectivity index (χ0v) is 15.2. The zero-order valence-electron chi connectivity index (χ0n) is 15.2. The van der Waals surface area contributed by atoms with Crippen LogP contribution in [0.4, 0.5) is 4.79 Å². The molecule has 0 aromatic rings. The van der Waals surface area contributed by atoms with Crippen LogP contribution in [0.5, 0.6) is 0 Å². The maximum Gasteiger partial charge on any atom is 0.410 e. The van der Waals surface area contributed by atoms with Crippen molar-refractivity contribution in [1.29, 1.82) is 0 Å². The lowest BCUT2D eigenvalue weighted by molar-refractivity contribution is -0.140. The van der Waals surface area contributed by atoms with E-state index >= 15 is 0 Å². The summed E-state index contributed by atoms with van der Waals surface area (Å²) in [7, 11) is 3.59. The highest BCUT2D eigenvalue weighted by molar-refractivity contribution is 5.80. The Balaban J connectivity index is 2.24. The lowest BCUT2D eigenvalue weighted by atomic mass is 9.94. The van der Waals surface area contributed by atoms with E-state index in [0.29, 0.717) is 12.5 Å². The van der Waals surface area contributed by atoms with Crippen LogP contribution in [0, 0.1) is 5.92 Å². The molecule has 0 spiro atoms. The molecular weight excluding hydrogens is 298 g/mol. The number of hydrogen-bond donors (Lipinski definition) is 1. The van der Waals surface area contributed by atoms with Crippen molar-refractivity contribution in [3.05, 3.63) is 0 Å². The standard InChI is InChI=1S/C16H31N3O4/c1-12-7-8-13(19(6)11-12)14(20)17-22-10-9-18(5)15(21)23-16(2,3)4/h12-13H,7-11H2,1-6H3,(H,17,20)/t12?,13-/m0/s1. The first-order valence-corrected chi connectivity index (χ1v) is 8.16. The van der Waals surface area contributed by atoms with E-state index in [4.69, 9.17) is 9.57 Å². The van der Waals surface area contributed by atoms with Gasteiger partial charge in [0.1, 0.15) is 5.60 Å². The molecule has 1 unspecified atom stereocenters. The van der Waals surface area contributed by atoms with Crippen LogP contribution in [0.25, 0.3) is 0 Å². The van der Waals surface area contributed by atoms with Crippen molar-refractivity contribution in [2.75, 3.05) is 33.8 Å². The largest absolute Gasteiger partial charge is 0.444 e. The SMILES string of the molecule is CC1CC[C@@H](C(=O)NOCCN(C)C(=O)OC(C)(C)C)N(C)C1. The van der Waals surface area contributed by atoms with Crippen LogP contribution < -0.4 is 5.48 Å². The van der Waals surface area contributed by atoms with Crippen molar-refractivity contribution in [3.8, 4) is 0 Å². The van der Waals surface area contributed by atoms with Gasteiger partial charge in [0.25, 0.3) is 5.91 Å². The average molecular weight is 329 g/mol. The second-order valence-corrected chi connectivity index (χ2v) is 7.35. The van der Waals surface area contributed by atoms with Gasteiger partial charge < -0.3 is 9.64 Å². The third kappa shape index (κ3) is 7.18. The molecule has 2 atom stereocenters. The highest BCUT2D eigenvalue weighted by Gasteiger charge is 2.29. The van der Waals surface area contributed by atoms with E-state index in [1.165, 1.54) is 4.90 Å². The first kappa shape index (κ1) is 19.7. The molecule has 1 rings (SSSR count). The quantitative estimate of drug-likeness (QED) is 0.613. The summed E-state index contributed by atoms with van der Waals surface area (Å²) < 4.78 is 5.23. The van der Waals surface area contributed by atoms with E-state index < -0.39 is 11.7 Å². The average Bonchev–Trinajstić information content (AvgIpc) is 2.41. The van der Waals surface area contributed by atoms with Gasteiger partial charge in [-0.05, 0) is 46.6 Å². The number of nitrogens with zero attached hydrogens (tertiary/aromatic N) is 2. The minimum Gasteiger partial charge on any atom is -0.444 e. The molecular formula is C16H31N3O4. The highest BCUT2D eigenvalue weighted by Crippen LogP contribution is 2.20. The fourth-order valence-electron chi connectivity index (χ4n) is 2.51. The molecule has 1 aliphatic heterocycles. The Labute approximate surface area is 139 Å². The summed E-state index contributed by atoms with van der Waals surface area (Å²) in [5.74, 6) is 0.492. The van der Waals surface area contributed by atoms with Crippen LogP contribution in [0.2, 0.25) is 0 Å². The molecule has 0 aliphatic carbocycles. The Bertz CT molecular complexity index is 409. The molecule has 2 amide bonds. The fraction of sp³-hybridized carbons (Fsp3) is 0.875. The number of nitrogens with one attached hydrogen (secondary N) is 1. The Kier molecular flexibility index (Phi) is 7.28. The number of piperidine rings is 1. The second kappa shape index (κ2) is 8.49. The van der Waals surface area contributed by atoms with Gasteiger partial charge in [-0.15, -0.1) is 0 Å². The van der Waals surface area contributed by atoms with Crippen molar-refractivity contribution < 1.29 is 19.2 Å². The Morgan fingerprint density at radius 3 is 2.52 bits per heavy atom. The van der Waals surface area contributed by atoms with Gasteiger partial charge in [0.05, 0.1) is 12.6 Å². The highest BCUT2D eigenvalue weighted by atomic mass is 16.7. The van der Waals surface area contributed by atoms with Gasteiger partial charge in [0.2, 0.25) is 0 Å². The number of likely N-dealkylation sites (N-methyl/N-ethyl adjacent to an activating group) is 2. The van der Waals surface area contributed by atoms with Crippen LogP contribution in [0.15, 0.2) is 0 Å². The van der Waals surface area contributed by atoms with Crippen molar-refractivity contribution >= 4 is 12.0 Å². The summed E-state index contributed by atoms with van der Waals surface area (Å²) in [6.07, 6.45) is 1.47. The molecule has 134 valence electrons. The summed E-state index contributed by atoms with van der Waals surface area (Å²) in [5, 5.41) is 0. The van der Waals surface area contributed by atoms with E-state index in [1.807, 2.05) is 27.8 Å². The molecule has 0 saturated carbocycles. The smallest absolute Gasteiger partial charge is 0.410 e. The molecule has 7 heteroatoms. The molecule has 1 aliphatic rings. The van der Waals surface area contributed by atoms with Gasteiger partial charge in [-0.3, -0.25) is 14.5 Å². The van der Waals surface area contributed by atoms with Gasteiger partial charge in [-0.1, -0.05) is 6.92 Å². The van der Waals surface area contributed by atoms with Crippen LogP contribution in [-0.2, 0) is 14.4 Å². The number of carbonyl (C=O) groups is 2. The number of ether oxygens (including phenoxy) is 1. The molecule has 0 bridgehead atoms. The Morgan fingerprint density at radius 2 is 1.96 bits per heavy atom. The third-order valence-electron chi connectivity index (χ3n) is 3.77. The molecule has 0 radical (unpaired) electrons.